The molecule has 6 nitrogen and oxygen atoms in total. The highest BCUT2D eigenvalue weighted by Gasteiger charge is 2.41. The van der Waals surface area contributed by atoms with Gasteiger partial charge >= 0.3 is 0 Å². The number of aromatic nitrogens is 3. The summed E-state index contributed by atoms with van der Waals surface area (Å²) in [6.45, 7) is 1.92. The van der Waals surface area contributed by atoms with Crippen LogP contribution in [0.15, 0.2) is 128 Å². The van der Waals surface area contributed by atoms with Crippen molar-refractivity contribution in [2.45, 2.75) is 12.5 Å². The summed E-state index contributed by atoms with van der Waals surface area (Å²) in [4.78, 5) is 15.8. The van der Waals surface area contributed by atoms with Crippen molar-refractivity contribution in [2.24, 2.45) is 0 Å². The van der Waals surface area contributed by atoms with Crippen molar-refractivity contribution >= 4 is 16.6 Å². The number of hydrogen-bond acceptors (Lipinski definition) is 4. The molecule has 0 amide bonds. The smallest absolute Gasteiger partial charge is 0.262 e. The maximum absolute atomic E-state index is 11.8. The Morgan fingerprint density at radius 1 is 0.737 bits per heavy atom. The second-order valence-corrected chi connectivity index (χ2v) is 9.21. The monoisotopic (exact) mass is 496 g/mol. The molecular weight excluding hydrogens is 472 g/mol. The second kappa shape index (κ2) is 9.41. The zero-order valence-corrected chi connectivity index (χ0v) is 20.7. The average Bonchev–Trinajstić information content (AvgIpc) is 3.34. The van der Waals surface area contributed by atoms with Crippen LogP contribution in [0.3, 0.4) is 0 Å². The summed E-state index contributed by atoms with van der Waals surface area (Å²) in [5.74, 6) is 0. The first kappa shape index (κ1) is 23.3. The van der Waals surface area contributed by atoms with Crippen LogP contribution in [0.4, 0.5) is 5.69 Å². The Hall–Kier alpha value is -5.10. The number of rotatable bonds is 6. The highest BCUT2D eigenvalue weighted by molar-refractivity contribution is 5.95. The first-order valence-electron chi connectivity index (χ1n) is 12.4. The molecule has 0 bridgehead atoms. The minimum Gasteiger partial charge on any atom is -0.262 e. The normalized spacial score (nSPS) is 11.5. The number of benzene rings is 4. The van der Waals surface area contributed by atoms with Crippen molar-refractivity contribution in [1.29, 1.82) is 0 Å². The van der Waals surface area contributed by atoms with Gasteiger partial charge < -0.3 is 0 Å². The Bertz CT molecular complexity index is 1650. The Balaban J connectivity index is 1.80. The van der Waals surface area contributed by atoms with Gasteiger partial charge in [-0.25, -0.2) is 4.68 Å². The topological polar surface area (TPSA) is 73.8 Å². The van der Waals surface area contributed by atoms with Gasteiger partial charge in [0.2, 0.25) is 0 Å². The molecule has 0 saturated carbocycles. The molecule has 0 aliphatic rings. The molecule has 0 saturated heterocycles. The number of aryl methyl sites for hydroxylation is 1. The molecule has 0 aliphatic carbocycles. The number of non-ortho nitro benzene ring substituents is 1. The fourth-order valence-corrected chi connectivity index (χ4v) is 5.29. The third-order valence-corrected chi connectivity index (χ3v) is 6.94. The summed E-state index contributed by atoms with van der Waals surface area (Å²) in [6.07, 6.45) is 1.74. The van der Waals surface area contributed by atoms with E-state index in [1.807, 2.05) is 84.4 Å². The fourth-order valence-electron chi connectivity index (χ4n) is 5.29. The molecule has 184 valence electrons. The van der Waals surface area contributed by atoms with E-state index < -0.39 is 5.54 Å². The van der Waals surface area contributed by atoms with Crippen molar-refractivity contribution in [3.05, 3.63) is 160 Å². The maximum atomic E-state index is 11.8. The minimum absolute atomic E-state index is 0.0220. The van der Waals surface area contributed by atoms with E-state index in [1.165, 1.54) is 0 Å². The lowest BCUT2D eigenvalue weighted by Crippen LogP contribution is -2.38. The first-order chi connectivity index (χ1) is 18.6. The van der Waals surface area contributed by atoms with E-state index in [0.29, 0.717) is 11.1 Å². The molecule has 0 unspecified atom stereocenters. The standard InChI is InChI=1S/C32H24N4O2/c1-23-21-24(19-20-33-23)31-29-22-28(36(37)38)17-18-30(29)35(34-31)32(25-11-5-2-6-12-25,26-13-7-3-8-14-26)27-15-9-4-10-16-27/h2-22H,1H3. The predicted molar refractivity (Wildman–Crippen MR) is 149 cm³/mol. The third-order valence-electron chi connectivity index (χ3n) is 6.94. The maximum Gasteiger partial charge on any atom is 0.270 e. The van der Waals surface area contributed by atoms with Gasteiger partial charge in [0.15, 0.2) is 0 Å². The fraction of sp³-hybridized carbons (Fsp3) is 0.0625. The van der Waals surface area contributed by atoms with Gasteiger partial charge in [0, 0.05) is 35.0 Å². The van der Waals surface area contributed by atoms with E-state index in [2.05, 4.69) is 41.4 Å². The zero-order chi connectivity index (χ0) is 26.1. The number of nitrogens with zero attached hydrogens (tertiary/aromatic N) is 4. The van der Waals surface area contributed by atoms with Crippen molar-refractivity contribution in [1.82, 2.24) is 14.8 Å². The second-order valence-electron chi connectivity index (χ2n) is 9.21. The van der Waals surface area contributed by atoms with Crippen molar-refractivity contribution in [3.63, 3.8) is 0 Å². The van der Waals surface area contributed by atoms with E-state index in [4.69, 9.17) is 5.10 Å². The molecule has 0 atom stereocenters. The third kappa shape index (κ3) is 3.74. The van der Waals surface area contributed by atoms with Crippen LogP contribution < -0.4 is 0 Å². The van der Waals surface area contributed by atoms with Crippen LogP contribution in [0.25, 0.3) is 22.2 Å². The van der Waals surface area contributed by atoms with Gasteiger partial charge in [0.1, 0.15) is 11.2 Å². The number of nitro benzene ring substituents is 1. The minimum atomic E-state index is -0.849. The number of pyridine rings is 1. The average molecular weight is 497 g/mol. The van der Waals surface area contributed by atoms with E-state index in [1.54, 1.807) is 18.3 Å². The summed E-state index contributed by atoms with van der Waals surface area (Å²) in [6, 6.07) is 39.6. The molecule has 0 aliphatic heterocycles. The quantitative estimate of drug-likeness (QED) is 0.139. The zero-order valence-electron chi connectivity index (χ0n) is 20.7. The molecule has 0 radical (unpaired) electrons. The molecule has 6 aromatic rings. The van der Waals surface area contributed by atoms with Crippen molar-refractivity contribution < 1.29 is 4.92 Å². The van der Waals surface area contributed by atoms with Gasteiger partial charge in [-0.3, -0.25) is 15.1 Å². The van der Waals surface area contributed by atoms with Gasteiger partial charge in [-0.15, -0.1) is 0 Å². The molecule has 2 aromatic heterocycles. The van der Waals surface area contributed by atoms with Crippen LogP contribution in [-0.4, -0.2) is 19.7 Å². The van der Waals surface area contributed by atoms with Crippen LogP contribution in [-0.2, 0) is 5.54 Å². The van der Waals surface area contributed by atoms with E-state index in [-0.39, 0.29) is 10.6 Å². The highest BCUT2D eigenvalue weighted by atomic mass is 16.6. The van der Waals surface area contributed by atoms with Crippen LogP contribution in [0, 0.1) is 17.0 Å². The summed E-state index contributed by atoms with van der Waals surface area (Å²) in [5, 5.41) is 17.8. The van der Waals surface area contributed by atoms with Gasteiger partial charge in [0.05, 0.1) is 10.4 Å². The molecule has 6 rings (SSSR count). The lowest BCUT2D eigenvalue weighted by molar-refractivity contribution is -0.384. The van der Waals surface area contributed by atoms with E-state index in [9.17, 15) is 10.1 Å². The largest absolute Gasteiger partial charge is 0.270 e. The molecule has 2 heterocycles. The number of nitro groups is 1. The molecule has 0 spiro atoms. The van der Waals surface area contributed by atoms with Crippen molar-refractivity contribution in [3.8, 4) is 11.3 Å². The lowest BCUT2D eigenvalue weighted by Gasteiger charge is -2.37. The van der Waals surface area contributed by atoms with Gasteiger partial charge in [-0.05, 0) is 41.8 Å². The molecule has 38 heavy (non-hydrogen) atoms. The van der Waals surface area contributed by atoms with Gasteiger partial charge in [-0.1, -0.05) is 91.0 Å². The van der Waals surface area contributed by atoms with Crippen LogP contribution in [0.1, 0.15) is 22.4 Å². The highest BCUT2D eigenvalue weighted by Crippen LogP contribution is 2.44. The predicted octanol–water partition coefficient (Wildman–Crippen LogP) is 7.16. The molecule has 6 heteroatoms. The molecule has 0 fully saturated rings. The Labute approximate surface area is 220 Å². The Kier molecular flexibility index (Phi) is 5.77. The molecule has 0 N–H and O–H groups in total. The van der Waals surface area contributed by atoms with Crippen LogP contribution in [0.5, 0.6) is 0 Å². The lowest BCUT2D eigenvalue weighted by atomic mass is 9.77. The summed E-state index contributed by atoms with van der Waals surface area (Å²) < 4.78 is 2.02. The Morgan fingerprint density at radius 3 is 1.79 bits per heavy atom. The molecule has 4 aromatic carbocycles. The van der Waals surface area contributed by atoms with Crippen LogP contribution in [0.2, 0.25) is 0 Å². The van der Waals surface area contributed by atoms with Crippen LogP contribution >= 0.6 is 0 Å². The van der Waals surface area contributed by atoms with Gasteiger partial charge in [0.25, 0.3) is 5.69 Å². The summed E-state index contributed by atoms with van der Waals surface area (Å²) in [5.41, 5.74) is 5.40. The first-order valence-corrected chi connectivity index (χ1v) is 12.4. The van der Waals surface area contributed by atoms with Crippen molar-refractivity contribution in [2.75, 3.05) is 0 Å². The molecular formula is C32H24N4O2. The summed E-state index contributed by atoms with van der Waals surface area (Å²) >= 11 is 0. The Morgan fingerprint density at radius 2 is 1.29 bits per heavy atom. The van der Waals surface area contributed by atoms with E-state index >= 15 is 0 Å². The SMILES string of the molecule is Cc1cc(-c2nn(C(c3ccccc3)(c3ccccc3)c3ccccc3)c3ccc([N+](=O)[O-])cc23)ccn1. The van der Waals surface area contributed by atoms with Gasteiger partial charge in [-0.2, -0.15) is 5.10 Å². The number of hydrogen-bond donors (Lipinski definition) is 0. The van der Waals surface area contributed by atoms with E-state index in [0.717, 1.165) is 33.5 Å². The summed E-state index contributed by atoms with van der Waals surface area (Å²) in [7, 11) is 0. The number of fused-ring (bicyclic) bond motifs is 1.